The van der Waals surface area contributed by atoms with E-state index in [1.54, 1.807) is 0 Å². The molecule has 88 valence electrons. The number of hydrogen-bond acceptors (Lipinski definition) is 4. The van der Waals surface area contributed by atoms with Crippen molar-refractivity contribution in [3.05, 3.63) is 54.1 Å². The summed E-state index contributed by atoms with van der Waals surface area (Å²) in [5.41, 5.74) is 7.20. The Labute approximate surface area is 100 Å². The summed E-state index contributed by atoms with van der Waals surface area (Å²) in [6.07, 6.45) is 1.40. The first-order chi connectivity index (χ1) is 8.29. The van der Waals surface area contributed by atoms with Gasteiger partial charge < -0.3 is 10.5 Å². The van der Waals surface area contributed by atoms with E-state index in [0.29, 0.717) is 6.54 Å². The largest absolute Gasteiger partial charge is 0.484 e. The third kappa shape index (κ3) is 3.01. The Morgan fingerprint density at radius 3 is 2.71 bits per heavy atom. The second-order valence-corrected chi connectivity index (χ2v) is 3.71. The van der Waals surface area contributed by atoms with Crippen LogP contribution in [-0.4, -0.2) is 9.97 Å². The van der Waals surface area contributed by atoms with Gasteiger partial charge in [-0.05, 0) is 25.1 Å². The number of aromatic nitrogens is 2. The molecule has 1 aromatic heterocycles. The van der Waals surface area contributed by atoms with E-state index in [-0.39, 0.29) is 6.10 Å². The molecule has 1 heterocycles. The van der Waals surface area contributed by atoms with E-state index in [1.165, 1.54) is 6.33 Å². The first kappa shape index (κ1) is 11.5. The van der Waals surface area contributed by atoms with Gasteiger partial charge in [0, 0.05) is 6.54 Å². The summed E-state index contributed by atoms with van der Waals surface area (Å²) in [5.74, 6) is 0.827. The average Bonchev–Trinajstić information content (AvgIpc) is 2.40. The summed E-state index contributed by atoms with van der Waals surface area (Å²) in [5, 5.41) is 0. The van der Waals surface area contributed by atoms with Crippen LogP contribution in [0, 0.1) is 0 Å². The zero-order valence-corrected chi connectivity index (χ0v) is 9.71. The van der Waals surface area contributed by atoms with Crippen LogP contribution in [-0.2, 0) is 6.54 Å². The lowest BCUT2D eigenvalue weighted by molar-refractivity contribution is 0.221. The fourth-order valence-electron chi connectivity index (χ4n) is 1.51. The van der Waals surface area contributed by atoms with Crippen molar-refractivity contribution in [2.24, 2.45) is 5.73 Å². The van der Waals surface area contributed by atoms with Crippen molar-refractivity contribution >= 4 is 0 Å². The van der Waals surface area contributed by atoms with Gasteiger partial charge in [0.05, 0.1) is 11.4 Å². The van der Waals surface area contributed by atoms with Gasteiger partial charge >= 0.3 is 0 Å². The van der Waals surface area contributed by atoms with Crippen LogP contribution in [0.1, 0.15) is 24.4 Å². The molecule has 2 N–H and O–H groups in total. The third-order valence-corrected chi connectivity index (χ3v) is 2.43. The predicted molar refractivity (Wildman–Crippen MR) is 65.4 cm³/mol. The normalized spacial score (nSPS) is 12.1. The summed E-state index contributed by atoms with van der Waals surface area (Å²) < 4.78 is 5.77. The van der Waals surface area contributed by atoms with Gasteiger partial charge in [-0.1, -0.05) is 18.2 Å². The monoisotopic (exact) mass is 229 g/mol. The smallest absolute Gasteiger partial charge is 0.138 e. The van der Waals surface area contributed by atoms with E-state index in [1.807, 2.05) is 43.3 Å². The standard InChI is InChI=1S/C13H15N3O/c1-10(17-12-5-3-2-4-6-12)13-7-11(8-14)15-9-16-13/h2-7,9-10H,8,14H2,1H3/t10-/m1/s1. The van der Waals surface area contributed by atoms with Gasteiger partial charge in [0.25, 0.3) is 0 Å². The van der Waals surface area contributed by atoms with E-state index in [0.717, 1.165) is 17.1 Å². The summed E-state index contributed by atoms with van der Waals surface area (Å²) in [6, 6.07) is 11.5. The number of nitrogens with two attached hydrogens (primary N) is 1. The molecule has 0 saturated carbocycles. The van der Waals surface area contributed by atoms with Crippen LogP contribution in [0.2, 0.25) is 0 Å². The van der Waals surface area contributed by atoms with Crippen molar-refractivity contribution in [2.75, 3.05) is 0 Å². The second-order valence-electron chi connectivity index (χ2n) is 3.71. The van der Waals surface area contributed by atoms with Crippen LogP contribution in [0.3, 0.4) is 0 Å². The van der Waals surface area contributed by atoms with Crippen molar-refractivity contribution in [1.82, 2.24) is 9.97 Å². The highest BCUT2D eigenvalue weighted by Gasteiger charge is 2.09. The molecule has 2 aromatic rings. The molecule has 1 atom stereocenters. The Morgan fingerprint density at radius 1 is 1.24 bits per heavy atom. The molecule has 0 aliphatic rings. The highest BCUT2D eigenvalue weighted by Crippen LogP contribution is 2.19. The number of rotatable bonds is 4. The number of nitrogens with zero attached hydrogens (tertiary/aromatic N) is 2. The number of benzene rings is 1. The molecule has 4 heteroatoms. The Kier molecular flexibility index (Phi) is 3.67. The molecule has 0 fully saturated rings. The minimum Gasteiger partial charge on any atom is -0.484 e. The molecular weight excluding hydrogens is 214 g/mol. The van der Waals surface area contributed by atoms with E-state index in [4.69, 9.17) is 10.5 Å². The van der Waals surface area contributed by atoms with Crippen LogP contribution in [0.25, 0.3) is 0 Å². The number of para-hydroxylation sites is 1. The van der Waals surface area contributed by atoms with E-state index in [2.05, 4.69) is 9.97 Å². The fraction of sp³-hybridized carbons (Fsp3) is 0.231. The quantitative estimate of drug-likeness (QED) is 0.871. The van der Waals surface area contributed by atoms with Gasteiger partial charge in [0.2, 0.25) is 0 Å². The van der Waals surface area contributed by atoms with Gasteiger partial charge in [-0.15, -0.1) is 0 Å². The van der Waals surface area contributed by atoms with Gasteiger partial charge in [-0.25, -0.2) is 9.97 Å². The molecule has 4 nitrogen and oxygen atoms in total. The zero-order valence-electron chi connectivity index (χ0n) is 9.71. The van der Waals surface area contributed by atoms with Gasteiger partial charge in [-0.3, -0.25) is 0 Å². The van der Waals surface area contributed by atoms with Crippen LogP contribution in [0.15, 0.2) is 42.7 Å². The lowest BCUT2D eigenvalue weighted by Gasteiger charge is -2.14. The van der Waals surface area contributed by atoms with Crippen molar-refractivity contribution < 1.29 is 4.74 Å². The summed E-state index contributed by atoms with van der Waals surface area (Å²) in [4.78, 5) is 8.25. The van der Waals surface area contributed by atoms with Crippen molar-refractivity contribution in [3.8, 4) is 5.75 Å². The molecule has 0 spiro atoms. The van der Waals surface area contributed by atoms with Crippen molar-refractivity contribution in [2.45, 2.75) is 19.6 Å². The summed E-state index contributed by atoms with van der Waals surface area (Å²) in [7, 11) is 0. The number of hydrogen-bond donors (Lipinski definition) is 1. The molecule has 17 heavy (non-hydrogen) atoms. The molecule has 0 bridgehead atoms. The van der Waals surface area contributed by atoms with E-state index < -0.39 is 0 Å². The van der Waals surface area contributed by atoms with E-state index in [9.17, 15) is 0 Å². The topological polar surface area (TPSA) is 61.0 Å². The Morgan fingerprint density at radius 2 is 2.00 bits per heavy atom. The zero-order chi connectivity index (χ0) is 12.1. The first-order valence-electron chi connectivity index (χ1n) is 5.52. The molecule has 0 aliphatic carbocycles. The van der Waals surface area contributed by atoms with Gasteiger partial charge in [0.15, 0.2) is 0 Å². The first-order valence-corrected chi connectivity index (χ1v) is 5.52. The molecule has 0 unspecified atom stereocenters. The molecular formula is C13H15N3O. The van der Waals surface area contributed by atoms with Gasteiger partial charge in [-0.2, -0.15) is 0 Å². The maximum Gasteiger partial charge on any atom is 0.138 e. The third-order valence-electron chi connectivity index (χ3n) is 2.43. The molecule has 0 amide bonds. The Balaban J connectivity index is 2.11. The summed E-state index contributed by atoms with van der Waals surface area (Å²) >= 11 is 0. The lowest BCUT2D eigenvalue weighted by atomic mass is 10.2. The minimum atomic E-state index is -0.120. The van der Waals surface area contributed by atoms with Crippen LogP contribution in [0.5, 0.6) is 5.75 Å². The molecule has 1 aromatic carbocycles. The molecule has 0 radical (unpaired) electrons. The van der Waals surface area contributed by atoms with Gasteiger partial charge in [0.1, 0.15) is 18.2 Å². The van der Waals surface area contributed by atoms with Crippen molar-refractivity contribution in [1.29, 1.82) is 0 Å². The van der Waals surface area contributed by atoms with Crippen molar-refractivity contribution in [3.63, 3.8) is 0 Å². The fourth-order valence-corrected chi connectivity index (χ4v) is 1.51. The highest BCUT2D eigenvalue weighted by molar-refractivity contribution is 5.22. The highest BCUT2D eigenvalue weighted by atomic mass is 16.5. The maximum absolute atomic E-state index is 5.77. The van der Waals surface area contributed by atoms with Crippen LogP contribution >= 0.6 is 0 Å². The lowest BCUT2D eigenvalue weighted by Crippen LogP contribution is -2.08. The molecule has 0 aliphatic heterocycles. The van der Waals surface area contributed by atoms with Crippen LogP contribution < -0.4 is 10.5 Å². The van der Waals surface area contributed by atoms with E-state index >= 15 is 0 Å². The SMILES string of the molecule is C[C@@H](Oc1ccccc1)c1cc(CN)ncn1. The Bertz CT molecular complexity index is 473. The molecule has 2 rings (SSSR count). The number of ether oxygens (including phenoxy) is 1. The molecule has 0 saturated heterocycles. The maximum atomic E-state index is 5.77. The van der Waals surface area contributed by atoms with Crippen LogP contribution in [0.4, 0.5) is 0 Å². The Hall–Kier alpha value is -1.94. The summed E-state index contributed by atoms with van der Waals surface area (Å²) in [6.45, 7) is 2.36. The minimum absolute atomic E-state index is 0.120. The second kappa shape index (κ2) is 5.41. The average molecular weight is 229 g/mol. The predicted octanol–water partition coefficient (Wildman–Crippen LogP) is 2.08.